The average molecular weight is 236 g/mol. The first kappa shape index (κ1) is 12.8. The highest BCUT2D eigenvalue weighted by Gasteiger charge is 2.08. The number of nitrogen functional groups attached to an aromatic ring is 2. The summed E-state index contributed by atoms with van der Waals surface area (Å²) in [5.74, 6) is -0.668. The number of anilines is 2. The molecule has 0 atom stereocenters. The molecule has 6 heteroatoms. The van der Waals surface area contributed by atoms with Gasteiger partial charge in [-0.25, -0.2) is 0 Å². The van der Waals surface area contributed by atoms with Gasteiger partial charge >= 0.3 is 0 Å². The molecule has 0 heterocycles. The Morgan fingerprint density at radius 2 is 1.94 bits per heavy atom. The van der Waals surface area contributed by atoms with Crippen molar-refractivity contribution in [1.82, 2.24) is 5.32 Å². The van der Waals surface area contributed by atoms with Gasteiger partial charge in [-0.2, -0.15) is 0 Å². The van der Waals surface area contributed by atoms with Crippen molar-refractivity contribution < 1.29 is 9.59 Å². The van der Waals surface area contributed by atoms with E-state index in [2.05, 4.69) is 5.32 Å². The van der Waals surface area contributed by atoms with E-state index in [1.807, 2.05) is 0 Å². The summed E-state index contributed by atoms with van der Waals surface area (Å²) in [6.45, 7) is 0.381. The second-order valence-electron chi connectivity index (χ2n) is 3.67. The SMILES string of the molecule is NC(=O)CCCNC(=O)c1ccc(N)cc1N. The first-order valence-corrected chi connectivity index (χ1v) is 5.22. The van der Waals surface area contributed by atoms with Gasteiger partial charge in [-0.05, 0) is 24.6 Å². The molecule has 0 saturated carbocycles. The predicted molar refractivity (Wildman–Crippen MR) is 66.0 cm³/mol. The molecule has 1 aromatic carbocycles. The molecule has 0 aromatic heterocycles. The van der Waals surface area contributed by atoms with Crippen LogP contribution >= 0.6 is 0 Å². The molecule has 2 amide bonds. The first-order valence-electron chi connectivity index (χ1n) is 5.22. The highest BCUT2D eigenvalue weighted by atomic mass is 16.2. The summed E-state index contributed by atoms with van der Waals surface area (Å²) in [5.41, 5.74) is 17.4. The van der Waals surface area contributed by atoms with Gasteiger partial charge in [0.2, 0.25) is 5.91 Å². The van der Waals surface area contributed by atoms with Crippen molar-refractivity contribution in [2.45, 2.75) is 12.8 Å². The summed E-state index contributed by atoms with van der Waals surface area (Å²) in [5, 5.41) is 2.65. The third-order valence-corrected chi connectivity index (χ3v) is 2.21. The van der Waals surface area contributed by atoms with Gasteiger partial charge in [0.1, 0.15) is 0 Å². The number of benzene rings is 1. The molecule has 0 bridgehead atoms. The van der Waals surface area contributed by atoms with Gasteiger partial charge in [-0.15, -0.1) is 0 Å². The van der Waals surface area contributed by atoms with Gasteiger partial charge in [-0.3, -0.25) is 9.59 Å². The Morgan fingerprint density at radius 3 is 2.53 bits per heavy atom. The van der Waals surface area contributed by atoms with Gasteiger partial charge in [0.05, 0.1) is 5.56 Å². The molecule has 0 saturated heterocycles. The van der Waals surface area contributed by atoms with Crippen molar-refractivity contribution in [2.75, 3.05) is 18.0 Å². The van der Waals surface area contributed by atoms with E-state index in [1.165, 1.54) is 6.07 Å². The summed E-state index contributed by atoms with van der Waals surface area (Å²) < 4.78 is 0. The van der Waals surface area contributed by atoms with E-state index in [9.17, 15) is 9.59 Å². The van der Waals surface area contributed by atoms with Crippen LogP contribution in [0.25, 0.3) is 0 Å². The topological polar surface area (TPSA) is 124 Å². The number of rotatable bonds is 5. The van der Waals surface area contributed by atoms with Crippen molar-refractivity contribution in [1.29, 1.82) is 0 Å². The summed E-state index contributed by atoms with van der Waals surface area (Å²) in [6.07, 6.45) is 0.757. The second kappa shape index (κ2) is 5.74. The summed E-state index contributed by atoms with van der Waals surface area (Å²) in [6, 6.07) is 4.70. The van der Waals surface area contributed by atoms with Crippen molar-refractivity contribution in [2.24, 2.45) is 5.73 Å². The Labute approximate surface area is 99.1 Å². The van der Waals surface area contributed by atoms with Crippen molar-refractivity contribution in [3.05, 3.63) is 23.8 Å². The summed E-state index contributed by atoms with van der Waals surface area (Å²) >= 11 is 0. The molecule has 0 aliphatic heterocycles. The maximum Gasteiger partial charge on any atom is 0.253 e. The molecule has 0 unspecified atom stereocenters. The standard InChI is InChI=1S/C11H16N4O2/c12-7-3-4-8(9(13)6-7)11(17)15-5-1-2-10(14)16/h3-4,6H,1-2,5,12-13H2,(H2,14,16)(H,15,17). The third-order valence-electron chi connectivity index (χ3n) is 2.21. The van der Waals surface area contributed by atoms with Crippen LogP contribution in [0.2, 0.25) is 0 Å². The van der Waals surface area contributed by atoms with Gasteiger partial charge in [-0.1, -0.05) is 0 Å². The van der Waals surface area contributed by atoms with Gasteiger partial charge in [0.25, 0.3) is 5.91 Å². The minimum atomic E-state index is -0.383. The second-order valence-corrected chi connectivity index (χ2v) is 3.67. The molecular weight excluding hydrogens is 220 g/mol. The number of nitrogens with two attached hydrogens (primary N) is 3. The highest BCUT2D eigenvalue weighted by Crippen LogP contribution is 2.15. The largest absolute Gasteiger partial charge is 0.399 e. The molecule has 0 fully saturated rings. The first-order chi connectivity index (χ1) is 8.00. The molecule has 17 heavy (non-hydrogen) atoms. The lowest BCUT2D eigenvalue weighted by atomic mass is 10.1. The fraction of sp³-hybridized carbons (Fsp3) is 0.273. The summed E-state index contributed by atoms with van der Waals surface area (Å²) in [4.78, 5) is 22.2. The van der Waals surface area contributed by atoms with Gasteiger partial charge in [0.15, 0.2) is 0 Å². The number of carbonyl (C=O) groups is 2. The van der Waals surface area contributed by atoms with E-state index in [1.54, 1.807) is 12.1 Å². The Bertz CT molecular complexity index is 431. The fourth-order valence-corrected chi connectivity index (χ4v) is 1.35. The lowest BCUT2D eigenvalue weighted by Crippen LogP contribution is -2.26. The number of hydrogen-bond donors (Lipinski definition) is 4. The molecule has 0 aliphatic rings. The summed E-state index contributed by atoms with van der Waals surface area (Å²) in [7, 11) is 0. The molecule has 1 aromatic rings. The van der Waals surface area contributed by atoms with Crippen LogP contribution in [-0.4, -0.2) is 18.4 Å². The average Bonchev–Trinajstić information content (AvgIpc) is 2.23. The molecular formula is C11H16N4O2. The number of hydrogen-bond acceptors (Lipinski definition) is 4. The molecule has 0 spiro atoms. The third kappa shape index (κ3) is 4.02. The Kier molecular flexibility index (Phi) is 4.33. The normalized spacial score (nSPS) is 9.88. The lowest BCUT2D eigenvalue weighted by molar-refractivity contribution is -0.118. The monoisotopic (exact) mass is 236 g/mol. The predicted octanol–water partition coefficient (Wildman–Crippen LogP) is -0.154. The lowest BCUT2D eigenvalue weighted by Gasteiger charge is -2.07. The zero-order chi connectivity index (χ0) is 12.8. The molecule has 92 valence electrons. The maximum absolute atomic E-state index is 11.7. The van der Waals surface area contributed by atoms with Crippen LogP contribution in [0.3, 0.4) is 0 Å². The van der Waals surface area contributed by atoms with Crippen LogP contribution in [0.4, 0.5) is 11.4 Å². The van der Waals surface area contributed by atoms with Crippen LogP contribution < -0.4 is 22.5 Å². The molecule has 1 rings (SSSR count). The van der Waals surface area contributed by atoms with Crippen LogP contribution in [-0.2, 0) is 4.79 Å². The van der Waals surface area contributed by atoms with Crippen molar-refractivity contribution in [3.63, 3.8) is 0 Å². The number of amides is 2. The van der Waals surface area contributed by atoms with E-state index >= 15 is 0 Å². The zero-order valence-electron chi connectivity index (χ0n) is 9.40. The van der Waals surface area contributed by atoms with Gasteiger partial charge < -0.3 is 22.5 Å². The van der Waals surface area contributed by atoms with Crippen LogP contribution in [0.1, 0.15) is 23.2 Å². The molecule has 7 N–H and O–H groups in total. The van der Waals surface area contributed by atoms with E-state index in [0.717, 1.165) is 0 Å². The van der Waals surface area contributed by atoms with E-state index in [0.29, 0.717) is 29.9 Å². The molecule has 0 aliphatic carbocycles. The van der Waals surface area contributed by atoms with Crippen LogP contribution in [0, 0.1) is 0 Å². The number of carbonyl (C=O) groups excluding carboxylic acids is 2. The van der Waals surface area contributed by atoms with Crippen molar-refractivity contribution in [3.8, 4) is 0 Å². The van der Waals surface area contributed by atoms with Gasteiger partial charge in [0, 0.05) is 24.3 Å². The van der Waals surface area contributed by atoms with Crippen molar-refractivity contribution >= 4 is 23.2 Å². The minimum Gasteiger partial charge on any atom is -0.399 e. The van der Waals surface area contributed by atoms with E-state index in [4.69, 9.17) is 17.2 Å². The Hall–Kier alpha value is -2.24. The van der Waals surface area contributed by atoms with Crippen LogP contribution in [0.15, 0.2) is 18.2 Å². The fourth-order valence-electron chi connectivity index (χ4n) is 1.35. The zero-order valence-corrected chi connectivity index (χ0v) is 9.40. The molecule has 6 nitrogen and oxygen atoms in total. The highest BCUT2D eigenvalue weighted by molar-refractivity contribution is 5.99. The smallest absolute Gasteiger partial charge is 0.253 e. The van der Waals surface area contributed by atoms with E-state index in [-0.39, 0.29) is 18.2 Å². The minimum absolute atomic E-state index is 0.248. The maximum atomic E-state index is 11.7. The molecule has 0 radical (unpaired) electrons. The van der Waals surface area contributed by atoms with E-state index < -0.39 is 0 Å². The quantitative estimate of drug-likeness (QED) is 0.419. The van der Waals surface area contributed by atoms with Crippen LogP contribution in [0.5, 0.6) is 0 Å². The Balaban J connectivity index is 2.50. The number of primary amides is 1. The Morgan fingerprint density at radius 1 is 1.24 bits per heavy atom. The number of nitrogens with one attached hydrogen (secondary N) is 1.